The van der Waals surface area contributed by atoms with Crippen molar-refractivity contribution in [2.24, 2.45) is 0 Å². The van der Waals surface area contributed by atoms with Crippen molar-refractivity contribution in [3.8, 4) is 0 Å². The van der Waals surface area contributed by atoms with Gasteiger partial charge in [0, 0.05) is 19.0 Å². The standard InChI is InChI=1S/C12H12ClNO3/c1-14(5-6-15)12(16)10-7-8-3-2-4-9(13)11(8)17-10/h2-4,7,15H,5-6H2,1H3. The van der Waals surface area contributed by atoms with Crippen molar-refractivity contribution < 1.29 is 14.3 Å². The van der Waals surface area contributed by atoms with E-state index >= 15 is 0 Å². The molecule has 1 amide bonds. The third-order valence-electron chi connectivity index (χ3n) is 2.49. The van der Waals surface area contributed by atoms with Crippen LogP contribution < -0.4 is 0 Å². The lowest BCUT2D eigenvalue weighted by Gasteiger charge is -2.13. The van der Waals surface area contributed by atoms with E-state index in [2.05, 4.69) is 0 Å². The minimum Gasteiger partial charge on any atom is -0.449 e. The Balaban J connectivity index is 2.37. The topological polar surface area (TPSA) is 53.7 Å². The molecule has 0 fully saturated rings. The molecule has 17 heavy (non-hydrogen) atoms. The van der Waals surface area contributed by atoms with Gasteiger partial charge in [0.1, 0.15) is 0 Å². The van der Waals surface area contributed by atoms with E-state index in [-0.39, 0.29) is 24.8 Å². The lowest BCUT2D eigenvalue weighted by molar-refractivity contribution is 0.0738. The average molecular weight is 254 g/mol. The highest BCUT2D eigenvalue weighted by Crippen LogP contribution is 2.26. The number of carbonyl (C=O) groups excluding carboxylic acids is 1. The Morgan fingerprint density at radius 1 is 1.53 bits per heavy atom. The van der Waals surface area contributed by atoms with Crippen LogP contribution in [0.15, 0.2) is 28.7 Å². The van der Waals surface area contributed by atoms with Gasteiger partial charge < -0.3 is 14.4 Å². The van der Waals surface area contributed by atoms with E-state index in [0.29, 0.717) is 10.6 Å². The number of aliphatic hydroxyl groups excluding tert-OH is 1. The summed E-state index contributed by atoms with van der Waals surface area (Å²) in [6.45, 7) is 0.187. The maximum atomic E-state index is 11.9. The average Bonchev–Trinajstić information content (AvgIpc) is 2.73. The van der Waals surface area contributed by atoms with Crippen molar-refractivity contribution in [3.63, 3.8) is 0 Å². The lowest BCUT2D eigenvalue weighted by Crippen LogP contribution is -2.29. The number of hydrogen-bond donors (Lipinski definition) is 1. The predicted molar refractivity (Wildman–Crippen MR) is 65.3 cm³/mol. The van der Waals surface area contributed by atoms with Crippen LogP contribution in [0.1, 0.15) is 10.6 Å². The third kappa shape index (κ3) is 2.28. The summed E-state index contributed by atoms with van der Waals surface area (Å²) in [5.41, 5.74) is 0.509. The molecule has 1 heterocycles. The fourth-order valence-electron chi connectivity index (χ4n) is 1.57. The van der Waals surface area contributed by atoms with Gasteiger partial charge in [-0.3, -0.25) is 4.79 Å². The van der Waals surface area contributed by atoms with Crippen LogP contribution in [0.5, 0.6) is 0 Å². The number of likely N-dealkylation sites (N-methyl/N-ethyl adjacent to an activating group) is 1. The number of halogens is 1. The summed E-state index contributed by atoms with van der Waals surface area (Å²) >= 11 is 5.96. The second-order valence-electron chi connectivity index (χ2n) is 3.72. The van der Waals surface area contributed by atoms with Gasteiger partial charge in [0.25, 0.3) is 5.91 Å². The Morgan fingerprint density at radius 3 is 2.94 bits per heavy atom. The molecule has 1 N–H and O–H groups in total. The zero-order valence-corrected chi connectivity index (χ0v) is 10.1. The third-order valence-corrected chi connectivity index (χ3v) is 2.79. The fourth-order valence-corrected chi connectivity index (χ4v) is 1.79. The van der Waals surface area contributed by atoms with Gasteiger partial charge in [0.2, 0.25) is 0 Å². The molecule has 5 heteroatoms. The smallest absolute Gasteiger partial charge is 0.289 e. The maximum Gasteiger partial charge on any atom is 0.289 e. The van der Waals surface area contributed by atoms with Gasteiger partial charge in [-0.2, -0.15) is 0 Å². The van der Waals surface area contributed by atoms with Crippen LogP contribution in [0.4, 0.5) is 0 Å². The Kier molecular flexibility index (Phi) is 3.36. The molecular weight excluding hydrogens is 242 g/mol. The molecule has 0 spiro atoms. The number of nitrogens with zero attached hydrogens (tertiary/aromatic N) is 1. The molecule has 0 unspecified atom stereocenters. The number of benzene rings is 1. The Bertz CT molecular complexity index is 550. The van der Waals surface area contributed by atoms with Crippen molar-refractivity contribution in [2.45, 2.75) is 0 Å². The van der Waals surface area contributed by atoms with Gasteiger partial charge in [-0.1, -0.05) is 23.7 Å². The van der Waals surface area contributed by atoms with Crippen molar-refractivity contribution in [2.75, 3.05) is 20.2 Å². The zero-order valence-electron chi connectivity index (χ0n) is 9.31. The highest BCUT2D eigenvalue weighted by molar-refractivity contribution is 6.34. The van der Waals surface area contributed by atoms with Crippen molar-refractivity contribution >= 4 is 28.5 Å². The molecule has 2 rings (SSSR count). The molecule has 1 aromatic heterocycles. The van der Waals surface area contributed by atoms with Crippen LogP contribution in [0.2, 0.25) is 5.02 Å². The molecular formula is C12H12ClNO3. The summed E-state index contributed by atoms with van der Waals surface area (Å²) in [7, 11) is 1.60. The first kappa shape index (κ1) is 12.0. The molecule has 0 radical (unpaired) electrons. The Morgan fingerprint density at radius 2 is 2.29 bits per heavy atom. The summed E-state index contributed by atoms with van der Waals surface area (Å²) in [5, 5.41) is 10.0. The van der Waals surface area contributed by atoms with Crippen LogP contribution in [-0.2, 0) is 0 Å². The zero-order chi connectivity index (χ0) is 12.4. The van der Waals surface area contributed by atoms with Crippen molar-refractivity contribution in [3.05, 3.63) is 35.0 Å². The molecule has 0 saturated carbocycles. The molecule has 0 aliphatic rings. The van der Waals surface area contributed by atoms with E-state index in [4.69, 9.17) is 21.1 Å². The number of amides is 1. The second-order valence-corrected chi connectivity index (χ2v) is 4.13. The number of fused-ring (bicyclic) bond motifs is 1. The predicted octanol–water partition coefficient (Wildman–Crippen LogP) is 2.15. The number of hydrogen-bond acceptors (Lipinski definition) is 3. The lowest BCUT2D eigenvalue weighted by atomic mass is 10.2. The normalized spacial score (nSPS) is 10.8. The summed E-state index contributed by atoms with van der Waals surface area (Å²) in [6.07, 6.45) is 0. The monoisotopic (exact) mass is 253 g/mol. The van der Waals surface area contributed by atoms with E-state index in [1.165, 1.54) is 4.90 Å². The van der Waals surface area contributed by atoms with Crippen LogP contribution in [0, 0.1) is 0 Å². The largest absolute Gasteiger partial charge is 0.449 e. The molecule has 1 aromatic carbocycles. The first-order valence-electron chi connectivity index (χ1n) is 5.18. The van der Waals surface area contributed by atoms with Gasteiger partial charge in [-0.15, -0.1) is 0 Å². The number of furan rings is 1. The van der Waals surface area contributed by atoms with Crippen molar-refractivity contribution in [1.82, 2.24) is 4.90 Å². The molecule has 0 saturated heterocycles. The minimum absolute atomic E-state index is 0.0801. The fraction of sp³-hybridized carbons (Fsp3) is 0.250. The molecule has 2 aromatic rings. The number of aliphatic hydroxyl groups is 1. The SMILES string of the molecule is CN(CCO)C(=O)c1cc2cccc(Cl)c2o1. The van der Waals surface area contributed by atoms with Crippen LogP contribution >= 0.6 is 11.6 Å². The Labute approximate surface area is 103 Å². The summed E-state index contributed by atoms with van der Waals surface area (Å²) in [6, 6.07) is 6.98. The maximum absolute atomic E-state index is 11.9. The second kappa shape index (κ2) is 4.77. The molecule has 0 atom stereocenters. The van der Waals surface area contributed by atoms with Gasteiger partial charge in [0.15, 0.2) is 11.3 Å². The number of para-hydroxylation sites is 1. The quantitative estimate of drug-likeness (QED) is 0.912. The van der Waals surface area contributed by atoms with Crippen molar-refractivity contribution in [1.29, 1.82) is 0 Å². The minimum atomic E-state index is -0.272. The van der Waals surface area contributed by atoms with E-state index in [9.17, 15) is 4.79 Å². The van der Waals surface area contributed by atoms with E-state index in [0.717, 1.165) is 5.39 Å². The van der Waals surface area contributed by atoms with Gasteiger partial charge in [-0.25, -0.2) is 0 Å². The Hall–Kier alpha value is -1.52. The van der Waals surface area contributed by atoms with E-state index in [1.54, 1.807) is 25.2 Å². The van der Waals surface area contributed by atoms with E-state index < -0.39 is 0 Å². The summed E-state index contributed by atoms with van der Waals surface area (Å²) < 4.78 is 5.42. The first-order valence-corrected chi connectivity index (χ1v) is 5.55. The highest BCUT2D eigenvalue weighted by Gasteiger charge is 2.17. The molecule has 0 aliphatic heterocycles. The molecule has 0 bridgehead atoms. The number of carbonyl (C=O) groups is 1. The van der Waals surface area contributed by atoms with Gasteiger partial charge >= 0.3 is 0 Å². The summed E-state index contributed by atoms with van der Waals surface area (Å²) in [4.78, 5) is 13.3. The summed E-state index contributed by atoms with van der Waals surface area (Å²) in [5.74, 6) is -0.0460. The van der Waals surface area contributed by atoms with Crippen LogP contribution in [0.25, 0.3) is 11.0 Å². The van der Waals surface area contributed by atoms with E-state index in [1.807, 2.05) is 6.07 Å². The first-order chi connectivity index (χ1) is 8.13. The van der Waals surface area contributed by atoms with Gasteiger partial charge in [-0.05, 0) is 12.1 Å². The molecule has 4 nitrogen and oxygen atoms in total. The van der Waals surface area contributed by atoms with Crippen LogP contribution in [0.3, 0.4) is 0 Å². The highest BCUT2D eigenvalue weighted by atomic mass is 35.5. The molecule has 0 aliphatic carbocycles. The van der Waals surface area contributed by atoms with Crippen LogP contribution in [-0.4, -0.2) is 36.1 Å². The number of rotatable bonds is 3. The molecule has 90 valence electrons. The van der Waals surface area contributed by atoms with Gasteiger partial charge in [0.05, 0.1) is 11.6 Å².